The molecule has 0 atom stereocenters. The molecule has 0 unspecified atom stereocenters. The van der Waals surface area contributed by atoms with Gasteiger partial charge in [0, 0.05) is 11.6 Å². The summed E-state index contributed by atoms with van der Waals surface area (Å²) in [5, 5.41) is 8.37. The first kappa shape index (κ1) is 16.6. The zero-order valence-corrected chi connectivity index (χ0v) is 15.7. The van der Waals surface area contributed by atoms with Crippen molar-refractivity contribution < 1.29 is 9.26 Å². The second kappa shape index (κ2) is 6.80. The maximum Gasteiger partial charge on any atom is 0.184 e. The number of hydrogen-bond acceptors (Lipinski definition) is 6. The number of hydrogen-bond donors (Lipinski definition) is 1. The van der Waals surface area contributed by atoms with Gasteiger partial charge in [-0.05, 0) is 55.3 Å². The highest BCUT2D eigenvalue weighted by Gasteiger charge is 2.10. The Morgan fingerprint density at radius 3 is 2.69 bits per heavy atom. The Morgan fingerprint density at radius 1 is 1.12 bits per heavy atom. The Kier molecular flexibility index (Phi) is 4.34. The molecule has 5 nitrogen and oxygen atoms in total. The molecule has 0 amide bonds. The predicted molar refractivity (Wildman–Crippen MR) is 105 cm³/mol. The van der Waals surface area contributed by atoms with E-state index in [2.05, 4.69) is 41.4 Å². The molecule has 4 aromatic rings. The van der Waals surface area contributed by atoms with Gasteiger partial charge in [0.2, 0.25) is 0 Å². The first-order valence-corrected chi connectivity index (χ1v) is 9.16. The maximum atomic E-state index is 5.45. The summed E-state index contributed by atoms with van der Waals surface area (Å²) in [5.41, 5.74) is 5.31. The molecule has 0 fully saturated rings. The number of ether oxygens (including phenoxy) is 1. The van der Waals surface area contributed by atoms with E-state index in [1.54, 1.807) is 18.4 Å². The summed E-state index contributed by atoms with van der Waals surface area (Å²) in [6, 6.07) is 14.0. The van der Waals surface area contributed by atoms with Gasteiger partial charge in [-0.25, -0.2) is 4.98 Å². The maximum absolute atomic E-state index is 5.45. The van der Waals surface area contributed by atoms with Gasteiger partial charge in [-0.1, -0.05) is 22.6 Å². The molecular formula is C20H19N3O2S. The van der Waals surface area contributed by atoms with E-state index >= 15 is 0 Å². The molecule has 2 aromatic heterocycles. The molecule has 6 heteroatoms. The largest absolute Gasteiger partial charge is 0.497 e. The summed E-state index contributed by atoms with van der Waals surface area (Å²) >= 11 is 1.65. The molecule has 0 aliphatic rings. The number of rotatable bonds is 5. The second-order valence-electron chi connectivity index (χ2n) is 6.21. The van der Waals surface area contributed by atoms with Crippen molar-refractivity contribution in [3.8, 4) is 17.0 Å². The third kappa shape index (κ3) is 3.28. The highest BCUT2D eigenvalue weighted by atomic mass is 32.1. The van der Waals surface area contributed by atoms with E-state index in [4.69, 9.17) is 9.26 Å². The first-order valence-electron chi connectivity index (χ1n) is 8.34. The molecule has 0 saturated carbocycles. The van der Waals surface area contributed by atoms with Gasteiger partial charge < -0.3 is 14.6 Å². The first-order chi connectivity index (χ1) is 12.6. The van der Waals surface area contributed by atoms with Gasteiger partial charge in [0.1, 0.15) is 11.4 Å². The number of fused-ring (bicyclic) bond motifs is 1. The molecule has 26 heavy (non-hydrogen) atoms. The number of thiazole rings is 1. The summed E-state index contributed by atoms with van der Waals surface area (Å²) in [6.07, 6.45) is 0. The SMILES string of the molecule is COc1ccc(-c2cc(CNc3nc4c(C)cc(C)cc4s3)on2)cc1. The van der Waals surface area contributed by atoms with Crippen LogP contribution < -0.4 is 10.1 Å². The average molecular weight is 365 g/mol. The van der Waals surface area contributed by atoms with Gasteiger partial charge in [-0.2, -0.15) is 0 Å². The lowest BCUT2D eigenvalue weighted by Crippen LogP contribution is -1.97. The summed E-state index contributed by atoms with van der Waals surface area (Å²) in [4.78, 5) is 4.68. The zero-order chi connectivity index (χ0) is 18.1. The highest BCUT2D eigenvalue weighted by Crippen LogP contribution is 2.30. The topological polar surface area (TPSA) is 60.2 Å². The highest BCUT2D eigenvalue weighted by molar-refractivity contribution is 7.22. The van der Waals surface area contributed by atoms with Crippen LogP contribution in [0.15, 0.2) is 47.0 Å². The number of anilines is 1. The van der Waals surface area contributed by atoms with Crippen LogP contribution >= 0.6 is 11.3 Å². The van der Waals surface area contributed by atoms with Crippen LogP contribution in [0.1, 0.15) is 16.9 Å². The number of aromatic nitrogens is 2. The summed E-state index contributed by atoms with van der Waals surface area (Å²) in [7, 11) is 1.65. The van der Waals surface area contributed by atoms with Gasteiger partial charge in [0.15, 0.2) is 10.9 Å². The molecule has 4 rings (SSSR count). The molecule has 0 aliphatic heterocycles. The molecular weight excluding hydrogens is 346 g/mol. The Bertz CT molecular complexity index is 1050. The van der Waals surface area contributed by atoms with Crippen LogP contribution in [-0.4, -0.2) is 17.3 Å². The van der Waals surface area contributed by atoms with Crippen molar-refractivity contribution in [3.63, 3.8) is 0 Å². The number of methoxy groups -OCH3 is 1. The lowest BCUT2D eigenvalue weighted by atomic mass is 10.1. The van der Waals surface area contributed by atoms with Crippen LogP contribution in [0, 0.1) is 13.8 Å². The molecule has 1 N–H and O–H groups in total. The minimum absolute atomic E-state index is 0.543. The molecule has 0 bridgehead atoms. The number of benzene rings is 2. The zero-order valence-electron chi connectivity index (χ0n) is 14.9. The fourth-order valence-corrected chi connectivity index (χ4v) is 3.94. The van der Waals surface area contributed by atoms with Crippen LogP contribution in [0.5, 0.6) is 5.75 Å². The van der Waals surface area contributed by atoms with Crippen LogP contribution in [0.2, 0.25) is 0 Å². The molecule has 0 radical (unpaired) electrons. The van der Waals surface area contributed by atoms with Crippen LogP contribution in [-0.2, 0) is 6.54 Å². The van der Waals surface area contributed by atoms with E-state index in [0.717, 1.165) is 33.4 Å². The van der Waals surface area contributed by atoms with Crippen molar-refractivity contribution in [3.05, 3.63) is 59.4 Å². The minimum atomic E-state index is 0.543. The van der Waals surface area contributed by atoms with Crippen LogP contribution in [0.4, 0.5) is 5.13 Å². The number of nitrogens with zero attached hydrogens (tertiary/aromatic N) is 2. The third-order valence-corrected chi connectivity index (χ3v) is 5.15. The number of nitrogens with one attached hydrogen (secondary N) is 1. The number of aryl methyl sites for hydroxylation is 2. The fourth-order valence-electron chi connectivity index (χ4n) is 2.90. The summed E-state index contributed by atoms with van der Waals surface area (Å²) in [5.74, 6) is 1.59. The van der Waals surface area contributed by atoms with Crippen molar-refractivity contribution in [2.75, 3.05) is 12.4 Å². The van der Waals surface area contributed by atoms with E-state index in [1.807, 2.05) is 30.3 Å². The fraction of sp³-hybridized carbons (Fsp3) is 0.200. The van der Waals surface area contributed by atoms with Gasteiger partial charge in [-0.15, -0.1) is 0 Å². The lowest BCUT2D eigenvalue weighted by molar-refractivity contribution is 0.390. The van der Waals surface area contributed by atoms with Crippen LogP contribution in [0.25, 0.3) is 21.5 Å². The third-order valence-electron chi connectivity index (χ3n) is 4.19. The van der Waals surface area contributed by atoms with Gasteiger partial charge in [-0.3, -0.25) is 0 Å². The van der Waals surface area contributed by atoms with E-state index in [1.165, 1.54) is 15.8 Å². The van der Waals surface area contributed by atoms with E-state index in [0.29, 0.717) is 6.54 Å². The summed E-state index contributed by atoms with van der Waals surface area (Å²) < 4.78 is 11.8. The van der Waals surface area contributed by atoms with Gasteiger partial charge >= 0.3 is 0 Å². The summed E-state index contributed by atoms with van der Waals surface area (Å²) in [6.45, 7) is 4.74. The van der Waals surface area contributed by atoms with Gasteiger partial charge in [0.25, 0.3) is 0 Å². The normalized spacial score (nSPS) is 11.0. The molecule has 0 spiro atoms. The van der Waals surface area contributed by atoms with Gasteiger partial charge in [0.05, 0.1) is 23.9 Å². The molecule has 0 aliphatic carbocycles. The quantitative estimate of drug-likeness (QED) is 0.527. The predicted octanol–water partition coefficient (Wildman–Crippen LogP) is 5.19. The van der Waals surface area contributed by atoms with Crippen molar-refractivity contribution in [2.24, 2.45) is 0 Å². The minimum Gasteiger partial charge on any atom is -0.497 e. The Hall–Kier alpha value is -2.86. The van der Waals surface area contributed by atoms with Crippen molar-refractivity contribution in [1.82, 2.24) is 10.1 Å². The standard InChI is InChI=1S/C20H19N3O2S/c1-12-8-13(2)19-18(9-12)26-20(22-19)21-11-16-10-17(23-25-16)14-4-6-15(24-3)7-5-14/h4-10H,11H2,1-3H3,(H,21,22). The van der Waals surface area contributed by atoms with Crippen molar-refractivity contribution in [2.45, 2.75) is 20.4 Å². The smallest absolute Gasteiger partial charge is 0.184 e. The second-order valence-corrected chi connectivity index (χ2v) is 7.24. The van der Waals surface area contributed by atoms with Crippen LogP contribution in [0.3, 0.4) is 0 Å². The Morgan fingerprint density at radius 2 is 1.92 bits per heavy atom. The molecule has 2 aromatic carbocycles. The average Bonchev–Trinajstić information content (AvgIpc) is 3.27. The molecule has 0 saturated heterocycles. The Labute approximate surface area is 155 Å². The molecule has 2 heterocycles. The molecule has 132 valence electrons. The van der Waals surface area contributed by atoms with Crippen molar-refractivity contribution in [1.29, 1.82) is 0 Å². The lowest BCUT2D eigenvalue weighted by Gasteiger charge is -1.99. The van der Waals surface area contributed by atoms with E-state index in [9.17, 15) is 0 Å². The Balaban J connectivity index is 1.48. The monoisotopic (exact) mass is 365 g/mol. The van der Waals surface area contributed by atoms with Crippen molar-refractivity contribution >= 4 is 26.7 Å². The van der Waals surface area contributed by atoms with E-state index < -0.39 is 0 Å². The van der Waals surface area contributed by atoms with E-state index in [-0.39, 0.29) is 0 Å².